The molecule has 170 valence electrons. The van der Waals surface area contributed by atoms with Crippen LogP contribution in [-0.4, -0.2) is 0 Å². The van der Waals surface area contributed by atoms with Gasteiger partial charge < -0.3 is 11.5 Å². The Balaban J connectivity index is 1.48. The van der Waals surface area contributed by atoms with Gasteiger partial charge in [-0.2, -0.15) is 0 Å². The van der Waals surface area contributed by atoms with Crippen molar-refractivity contribution in [3.05, 3.63) is 130 Å². The van der Waals surface area contributed by atoms with Gasteiger partial charge in [0.05, 0.1) is 0 Å². The van der Waals surface area contributed by atoms with Crippen LogP contribution in [0.15, 0.2) is 97.1 Å². The van der Waals surface area contributed by atoms with Crippen molar-refractivity contribution in [1.29, 1.82) is 0 Å². The van der Waals surface area contributed by atoms with Gasteiger partial charge in [-0.05, 0) is 79.8 Å². The van der Waals surface area contributed by atoms with Crippen LogP contribution < -0.4 is 11.5 Å². The molecule has 0 atom stereocenters. The molecule has 6 aromatic carbocycles. The third-order valence-electron chi connectivity index (χ3n) is 6.73. The van der Waals surface area contributed by atoms with Gasteiger partial charge in [-0.25, -0.2) is 0 Å². The van der Waals surface area contributed by atoms with E-state index in [2.05, 4.69) is 72.2 Å². The second kappa shape index (κ2) is 9.21. The number of hydrogen-bond donors (Lipinski definition) is 2. The van der Waals surface area contributed by atoms with Gasteiger partial charge in [0.25, 0.3) is 0 Å². The van der Waals surface area contributed by atoms with E-state index in [0.29, 0.717) is 13.1 Å². The molecule has 0 saturated heterocycles. The third kappa shape index (κ3) is 3.96. The molecule has 0 aromatic heterocycles. The molecule has 2 nitrogen and oxygen atoms in total. The predicted octanol–water partition coefficient (Wildman–Crippen LogP) is 6.30. The Kier molecular flexibility index (Phi) is 5.61. The van der Waals surface area contributed by atoms with Crippen molar-refractivity contribution in [3.63, 3.8) is 0 Å². The molecular weight excluding hydrogens is 436 g/mol. The highest BCUT2D eigenvalue weighted by Crippen LogP contribution is 2.37. The number of benzene rings is 6. The molecule has 0 radical (unpaired) electrons. The predicted molar refractivity (Wildman–Crippen MR) is 151 cm³/mol. The third-order valence-corrected chi connectivity index (χ3v) is 6.73. The molecule has 0 aliphatic rings. The molecule has 2 heteroatoms. The largest absolute Gasteiger partial charge is 0.326 e. The Morgan fingerprint density at radius 2 is 0.806 bits per heavy atom. The van der Waals surface area contributed by atoms with Crippen molar-refractivity contribution >= 4 is 32.3 Å². The zero-order chi connectivity index (χ0) is 24.5. The summed E-state index contributed by atoms with van der Waals surface area (Å²) in [5.41, 5.74) is 17.7. The monoisotopic (exact) mass is 460 g/mol. The van der Waals surface area contributed by atoms with E-state index in [4.69, 9.17) is 11.5 Å². The van der Waals surface area contributed by atoms with Crippen LogP contribution in [0.1, 0.15) is 33.4 Å². The average Bonchev–Trinajstić information content (AvgIpc) is 2.94. The Morgan fingerprint density at radius 1 is 0.417 bits per heavy atom. The zero-order valence-electron chi connectivity index (χ0n) is 19.8. The van der Waals surface area contributed by atoms with Gasteiger partial charge >= 0.3 is 0 Å². The average molecular weight is 461 g/mol. The molecule has 0 spiro atoms. The van der Waals surface area contributed by atoms with Gasteiger partial charge in [-0.1, -0.05) is 84.3 Å². The van der Waals surface area contributed by atoms with Gasteiger partial charge in [-0.15, -0.1) is 0 Å². The maximum absolute atomic E-state index is 5.72. The van der Waals surface area contributed by atoms with Crippen LogP contribution in [0.4, 0.5) is 0 Å². The Hall–Kier alpha value is -4.60. The molecule has 6 aromatic rings. The maximum atomic E-state index is 5.72. The van der Waals surface area contributed by atoms with Gasteiger partial charge in [0.1, 0.15) is 0 Å². The SMILES string of the molecule is NCc1ccc(C#Cc2ccc3ccc4c(C#Cc5ccc(CN)cc5)ccc5ccc2c3c54)cc1. The molecule has 4 N–H and O–H groups in total. The van der Waals surface area contributed by atoms with E-state index in [1.807, 2.05) is 48.5 Å². The molecule has 0 heterocycles. The first kappa shape index (κ1) is 21.9. The minimum atomic E-state index is 0.537. The summed E-state index contributed by atoms with van der Waals surface area (Å²) in [4.78, 5) is 0. The lowest BCUT2D eigenvalue weighted by Crippen LogP contribution is -1.95. The fourth-order valence-corrected chi connectivity index (χ4v) is 4.75. The molecule has 0 bridgehead atoms. The number of nitrogens with two attached hydrogens (primary N) is 2. The Morgan fingerprint density at radius 3 is 1.19 bits per heavy atom. The van der Waals surface area contributed by atoms with E-state index in [1.165, 1.54) is 32.3 Å². The normalized spacial score (nSPS) is 10.8. The van der Waals surface area contributed by atoms with Crippen LogP contribution in [0, 0.1) is 23.7 Å². The molecule has 6 rings (SSSR count). The lowest BCUT2D eigenvalue weighted by molar-refractivity contribution is 1.07. The smallest absolute Gasteiger partial charge is 0.0328 e. The zero-order valence-corrected chi connectivity index (χ0v) is 19.8. The molecule has 0 saturated carbocycles. The van der Waals surface area contributed by atoms with E-state index in [9.17, 15) is 0 Å². The summed E-state index contributed by atoms with van der Waals surface area (Å²) in [6.45, 7) is 1.07. The van der Waals surface area contributed by atoms with Crippen molar-refractivity contribution in [3.8, 4) is 23.7 Å². The van der Waals surface area contributed by atoms with Crippen LogP contribution in [0.5, 0.6) is 0 Å². The quantitative estimate of drug-likeness (QED) is 0.235. The molecule has 0 aliphatic heterocycles. The van der Waals surface area contributed by atoms with E-state index in [0.717, 1.165) is 33.4 Å². The highest BCUT2D eigenvalue weighted by atomic mass is 14.5. The van der Waals surface area contributed by atoms with Crippen LogP contribution >= 0.6 is 0 Å². The summed E-state index contributed by atoms with van der Waals surface area (Å²) in [6, 6.07) is 33.6. The van der Waals surface area contributed by atoms with Crippen LogP contribution in [-0.2, 0) is 13.1 Å². The highest BCUT2D eigenvalue weighted by Gasteiger charge is 2.12. The Labute approximate surface area is 210 Å². The van der Waals surface area contributed by atoms with Crippen molar-refractivity contribution in [2.45, 2.75) is 13.1 Å². The van der Waals surface area contributed by atoms with Gasteiger partial charge in [0, 0.05) is 35.3 Å². The van der Waals surface area contributed by atoms with Crippen molar-refractivity contribution < 1.29 is 0 Å². The van der Waals surface area contributed by atoms with Crippen molar-refractivity contribution in [2.75, 3.05) is 0 Å². The fraction of sp³-hybridized carbons (Fsp3) is 0.0588. The van der Waals surface area contributed by atoms with Crippen LogP contribution in [0.3, 0.4) is 0 Å². The molecule has 0 unspecified atom stereocenters. The van der Waals surface area contributed by atoms with Gasteiger partial charge in [0.2, 0.25) is 0 Å². The lowest BCUT2D eigenvalue weighted by atomic mass is 9.90. The minimum Gasteiger partial charge on any atom is -0.326 e. The van der Waals surface area contributed by atoms with E-state index in [1.54, 1.807) is 0 Å². The minimum absolute atomic E-state index is 0.537. The summed E-state index contributed by atoms with van der Waals surface area (Å²) in [5, 5.41) is 7.24. The summed E-state index contributed by atoms with van der Waals surface area (Å²) < 4.78 is 0. The number of rotatable bonds is 2. The topological polar surface area (TPSA) is 52.0 Å². The fourth-order valence-electron chi connectivity index (χ4n) is 4.75. The number of hydrogen-bond acceptors (Lipinski definition) is 2. The summed E-state index contributed by atoms with van der Waals surface area (Å²) in [7, 11) is 0. The Bertz CT molecular complexity index is 1700. The molecule has 0 fully saturated rings. The highest BCUT2D eigenvalue weighted by molar-refractivity contribution is 6.24. The standard InChI is InChI=1S/C34H24N2/c35-21-25-5-1-23(2-6-25)9-11-27-13-15-29-18-20-32-28(12-10-24-3-7-26(22-36)8-4-24)14-16-30-17-19-31(27)33(29)34(30)32/h1-8,13-20H,21-22,35-36H2. The lowest BCUT2D eigenvalue weighted by Gasteiger charge is -2.13. The first-order valence-corrected chi connectivity index (χ1v) is 12.1. The molecule has 36 heavy (non-hydrogen) atoms. The molecule has 0 aliphatic carbocycles. The first-order valence-electron chi connectivity index (χ1n) is 12.1. The second-order valence-corrected chi connectivity index (χ2v) is 8.95. The summed E-state index contributed by atoms with van der Waals surface area (Å²) in [6.07, 6.45) is 0. The van der Waals surface area contributed by atoms with Crippen LogP contribution in [0.25, 0.3) is 32.3 Å². The molecule has 0 amide bonds. The molecular formula is C34H24N2. The second-order valence-electron chi connectivity index (χ2n) is 8.95. The van der Waals surface area contributed by atoms with Crippen molar-refractivity contribution in [1.82, 2.24) is 0 Å². The summed E-state index contributed by atoms with van der Waals surface area (Å²) >= 11 is 0. The van der Waals surface area contributed by atoms with Crippen LogP contribution in [0.2, 0.25) is 0 Å². The van der Waals surface area contributed by atoms with E-state index in [-0.39, 0.29) is 0 Å². The first-order chi connectivity index (χ1) is 17.7. The van der Waals surface area contributed by atoms with E-state index < -0.39 is 0 Å². The van der Waals surface area contributed by atoms with Gasteiger partial charge in [0.15, 0.2) is 0 Å². The maximum Gasteiger partial charge on any atom is 0.0328 e. The van der Waals surface area contributed by atoms with Gasteiger partial charge in [-0.3, -0.25) is 0 Å². The summed E-state index contributed by atoms with van der Waals surface area (Å²) in [5.74, 6) is 13.5. The van der Waals surface area contributed by atoms with E-state index >= 15 is 0 Å². The van der Waals surface area contributed by atoms with Crippen molar-refractivity contribution in [2.24, 2.45) is 11.5 Å².